The third kappa shape index (κ3) is 8.29. The van der Waals surface area contributed by atoms with E-state index in [1.807, 2.05) is 36.4 Å². The molecule has 5 rings (SSSR count). The van der Waals surface area contributed by atoms with Crippen molar-refractivity contribution in [3.05, 3.63) is 89.0 Å². The number of anilines is 1. The van der Waals surface area contributed by atoms with Crippen molar-refractivity contribution in [1.29, 1.82) is 0 Å². The van der Waals surface area contributed by atoms with E-state index in [2.05, 4.69) is 90.3 Å². The Kier molecular flexibility index (Phi) is 10.3. The van der Waals surface area contributed by atoms with Gasteiger partial charge in [0.15, 0.2) is 0 Å². The number of rotatable bonds is 10. The summed E-state index contributed by atoms with van der Waals surface area (Å²) >= 11 is 0. The predicted molar refractivity (Wildman–Crippen MR) is 189 cm³/mol. The van der Waals surface area contributed by atoms with Gasteiger partial charge in [-0.1, -0.05) is 116 Å². The summed E-state index contributed by atoms with van der Waals surface area (Å²) in [6, 6.07) is 22.9. The average molecular weight is 625 g/mol. The first-order valence-electron chi connectivity index (χ1n) is 17.1. The van der Waals surface area contributed by atoms with Crippen molar-refractivity contribution < 1.29 is 14.0 Å². The van der Waals surface area contributed by atoms with E-state index in [9.17, 15) is 4.79 Å². The molecule has 1 N–H and O–H groups in total. The fourth-order valence-corrected chi connectivity index (χ4v) is 8.18. The fourth-order valence-electron chi connectivity index (χ4n) is 7.38. The Morgan fingerprint density at radius 1 is 0.911 bits per heavy atom. The number of carbonyl (C=O) groups is 1. The summed E-state index contributed by atoms with van der Waals surface area (Å²) in [5.74, 6) is 3.00. The molecule has 0 saturated heterocycles. The van der Waals surface area contributed by atoms with Crippen molar-refractivity contribution in [2.75, 3.05) is 5.32 Å². The van der Waals surface area contributed by atoms with Gasteiger partial charge in [-0.3, -0.25) is 4.79 Å². The Morgan fingerprint density at radius 2 is 1.51 bits per heavy atom. The van der Waals surface area contributed by atoms with Crippen molar-refractivity contribution in [3.8, 4) is 11.5 Å². The van der Waals surface area contributed by atoms with Crippen molar-refractivity contribution in [2.45, 2.75) is 117 Å². The summed E-state index contributed by atoms with van der Waals surface area (Å²) in [4.78, 5) is 14.0. The van der Waals surface area contributed by atoms with Gasteiger partial charge in [-0.25, -0.2) is 0 Å². The number of nitrogens with one attached hydrogen (secondary N) is 1. The van der Waals surface area contributed by atoms with E-state index in [-0.39, 0.29) is 28.8 Å². The number of amides is 1. The Labute approximate surface area is 274 Å². The lowest BCUT2D eigenvalue weighted by Gasteiger charge is -2.36. The molecule has 5 heteroatoms. The van der Waals surface area contributed by atoms with Gasteiger partial charge in [0, 0.05) is 29.2 Å². The van der Waals surface area contributed by atoms with E-state index in [1.54, 1.807) is 0 Å². The molecule has 1 amide bonds. The Hall–Kier alpha value is -2.89. The minimum Gasteiger partial charge on any atom is -0.457 e. The number of ether oxygens (including phenoxy) is 1. The summed E-state index contributed by atoms with van der Waals surface area (Å²) in [6.45, 7) is 18.3. The fraction of sp³-hybridized carbons (Fsp3) is 0.525. The van der Waals surface area contributed by atoms with Crippen molar-refractivity contribution >= 4 is 20.6 Å². The van der Waals surface area contributed by atoms with Gasteiger partial charge in [-0.2, -0.15) is 0 Å². The van der Waals surface area contributed by atoms with E-state index in [0.717, 1.165) is 46.2 Å². The van der Waals surface area contributed by atoms with E-state index < -0.39 is 9.04 Å². The zero-order valence-electron chi connectivity index (χ0n) is 28.8. The van der Waals surface area contributed by atoms with Crippen molar-refractivity contribution in [1.82, 2.24) is 0 Å². The molecule has 1 radical (unpaired) electrons. The molecule has 0 spiro atoms. The average Bonchev–Trinajstić information content (AvgIpc) is 3.48. The van der Waals surface area contributed by atoms with Crippen LogP contribution in [0.2, 0.25) is 13.1 Å². The summed E-state index contributed by atoms with van der Waals surface area (Å²) in [5.41, 5.74) is 5.40. The molecule has 0 bridgehead atoms. The zero-order chi connectivity index (χ0) is 32.4. The van der Waals surface area contributed by atoms with Gasteiger partial charge < -0.3 is 14.5 Å². The molecule has 2 aliphatic rings. The van der Waals surface area contributed by atoms with Crippen LogP contribution in [0.3, 0.4) is 0 Å². The minimum atomic E-state index is -0.945. The second-order valence-corrected chi connectivity index (χ2v) is 17.8. The van der Waals surface area contributed by atoms with Crippen LogP contribution in [-0.2, 0) is 14.6 Å². The van der Waals surface area contributed by atoms with Crippen LogP contribution in [0.5, 0.6) is 11.5 Å². The van der Waals surface area contributed by atoms with Crippen molar-refractivity contribution in [3.63, 3.8) is 0 Å². The second-order valence-electron chi connectivity index (χ2n) is 15.7. The molecule has 4 nitrogen and oxygen atoms in total. The van der Waals surface area contributed by atoms with Crippen LogP contribution >= 0.6 is 0 Å². The number of hydrogen-bond acceptors (Lipinski definition) is 3. The summed E-state index contributed by atoms with van der Waals surface area (Å²) in [7, 11) is -0.945. The van der Waals surface area contributed by atoms with Crippen LogP contribution in [0.25, 0.3) is 0 Å². The summed E-state index contributed by atoms with van der Waals surface area (Å²) in [6.07, 6.45) is 8.13. The van der Waals surface area contributed by atoms with Gasteiger partial charge in [-0.15, -0.1) is 0 Å². The maximum Gasteiger partial charge on any atom is 0.225 e. The van der Waals surface area contributed by atoms with Gasteiger partial charge in [0.1, 0.15) is 11.5 Å². The molecule has 1 saturated carbocycles. The number of para-hydroxylation sites is 2. The van der Waals surface area contributed by atoms with Crippen LogP contribution in [0.4, 0.5) is 5.69 Å². The highest BCUT2D eigenvalue weighted by atomic mass is 28.3. The van der Waals surface area contributed by atoms with Crippen LogP contribution in [0.15, 0.2) is 66.7 Å². The molecule has 1 aliphatic carbocycles. The summed E-state index contributed by atoms with van der Waals surface area (Å²) in [5, 5.41) is 3.39. The molecular weight excluding hydrogens is 571 g/mol. The van der Waals surface area contributed by atoms with Crippen LogP contribution in [0, 0.1) is 17.3 Å². The third-order valence-electron chi connectivity index (χ3n) is 9.89. The number of fused-ring (bicyclic) bond motifs is 2. The monoisotopic (exact) mass is 624 g/mol. The standard InChI is InChI=1S/C40H54NO3Si/c1-39(2,3)29(23-27-15-9-10-16-27)25-37(44-45(7)8)28-21-22-33(40(4,5)6)34(24-28)41-38(42)26-32-30-17-11-13-19-35(30)43-36-20-14-12-18-31(32)36/h11-14,17-22,24,27,29,32,37H,9-10,15-16,23,25-26H2,1-8H3,(H,41,42). The van der Waals surface area contributed by atoms with Gasteiger partial charge in [0.2, 0.25) is 14.9 Å². The topological polar surface area (TPSA) is 47.6 Å². The lowest BCUT2D eigenvalue weighted by atomic mass is 9.72. The zero-order valence-corrected chi connectivity index (χ0v) is 29.8. The molecule has 1 fully saturated rings. The number of benzene rings is 3. The van der Waals surface area contributed by atoms with E-state index >= 15 is 0 Å². The Balaban J connectivity index is 1.44. The SMILES string of the molecule is C[Si](C)OC(CC(CC1CCCC1)C(C)(C)C)c1ccc(C(C)(C)C)c(NC(=O)CC2c3ccccc3Oc3ccccc32)c1. The maximum atomic E-state index is 14.0. The normalized spacial score (nSPS) is 17.0. The number of carbonyl (C=O) groups excluding carboxylic acids is 1. The predicted octanol–water partition coefficient (Wildman–Crippen LogP) is 11.2. The van der Waals surface area contributed by atoms with Crippen molar-refractivity contribution in [2.24, 2.45) is 17.3 Å². The molecule has 241 valence electrons. The van der Waals surface area contributed by atoms with Gasteiger partial charge in [0.05, 0.1) is 6.10 Å². The first-order chi connectivity index (χ1) is 21.3. The molecule has 2 unspecified atom stereocenters. The minimum absolute atomic E-state index is 0.0103. The van der Waals surface area contributed by atoms with E-state index in [4.69, 9.17) is 9.16 Å². The maximum absolute atomic E-state index is 14.0. The van der Waals surface area contributed by atoms with E-state index in [1.165, 1.54) is 37.7 Å². The highest BCUT2D eigenvalue weighted by molar-refractivity contribution is 6.48. The molecule has 2 atom stereocenters. The first kappa shape index (κ1) is 33.5. The molecule has 1 heterocycles. The van der Waals surface area contributed by atoms with Gasteiger partial charge in [-0.05, 0) is 77.9 Å². The summed E-state index contributed by atoms with van der Waals surface area (Å²) < 4.78 is 13.0. The molecule has 3 aromatic rings. The lowest BCUT2D eigenvalue weighted by Crippen LogP contribution is -2.27. The van der Waals surface area contributed by atoms with Gasteiger partial charge in [0.25, 0.3) is 0 Å². The Bertz CT molecular complexity index is 1420. The van der Waals surface area contributed by atoms with Crippen LogP contribution in [0.1, 0.15) is 121 Å². The second kappa shape index (κ2) is 13.8. The molecule has 1 aliphatic heterocycles. The first-order valence-corrected chi connectivity index (χ1v) is 19.5. The Morgan fingerprint density at radius 3 is 2.07 bits per heavy atom. The molecule has 0 aromatic heterocycles. The quantitative estimate of drug-likeness (QED) is 0.228. The molecular formula is C40H54NO3Si. The third-order valence-corrected chi connectivity index (χ3v) is 10.6. The smallest absolute Gasteiger partial charge is 0.225 e. The van der Waals surface area contributed by atoms with Gasteiger partial charge >= 0.3 is 0 Å². The number of hydrogen-bond donors (Lipinski definition) is 1. The highest BCUT2D eigenvalue weighted by Crippen LogP contribution is 2.46. The lowest BCUT2D eigenvalue weighted by molar-refractivity contribution is -0.116. The molecule has 45 heavy (non-hydrogen) atoms. The van der Waals surface area contributed by atoms with Crippen LogP contribution < -0.4 is 10.1 Å². The molecule has 3 aromatic carbocycles. The highest BCUT2D eigenvalue weighted by Gasteiger charge is 2.33. The van der Waals surface area contributed by atoms with Crippen LogP contribution in [-0.4, -0.2) is 14.9 Å². The van der Waals surface area contributed by atoms with E-state index in [0.29, 0.717) is 12.3 Å². The largest absolute Gasteiger partial charge is 0.457 e.